The molecular weight excluding hydrogens is 571 g/mol. The molecule has 210 valence electrons. The lowest BCUT2D eigenvalue weighted by Gasteiger charge is -2.30. The number of alkyl halides is 5. The first-order valence-corrected chi connectivity index (χ1v) is 13.5. The Balaban J connectivity index is 0.000000273. The normalized spacial score (nSPS) is 13.6. The van der Waals surface area contributed by atoms with Crippen molar-refractivity contribution in [3.8, 4) is 0 Å². The van der Waals surface area contributed by atoms with Gasteiger partial charge >= 0.3 is 33.5 Å². The van der Waals surface area contributed by atoms with E-state index in [2.05, 4.69) is 91.0 Å². The second kappa shape index (κ2) is 13.0. The number of carbonyl (C=O) groups is 2. The molecule has 0 saturated heterocycles. The number of aliphatic carboxylic acids is 2. The number of carboxylic acids is 2. The van der Waals surface area contributed by atoms with Crippen LogP contribution >= 0.6 is 0 Å². The van der Waals surface area contributed by atoms with Gasteiger partial charge in [0.05, 0.1) is 23.2 Å². The zero-order chi connectivity index (χ0) is 29.4. The Bertz CT molecular complexity index is 1240. The van der Waals surface area contributed by atoms with Crippen molar-refractivity contribution < 1.29 is 54.7 Å². The zero-order valence-corrected chi connectivity index (χ0v) is 21.3. The fraction of sp³-hybridized carbons (Fsp3) is 0.200. The van der Waals surface area contributed by atoms with Crippen LogP contribution in [-0.4, -0.2) is 46.6 Å². The Hall–Kier alpha value is -3.49. The summed E-state index contributed by atoms with van der Waals surface area (Å²) in [5, 5.41) is 10.7. The van der Waals surface area contributed by atoms with Crippen LogP contribution in [0.25, 0.3) is 0 Å². The van der Waals surface area contributed by atoms with Crippen LogP contribution in [-0.2, 0) is 30.6 Å². The van der Waals surface area contributed by atoms with E-state index in [1.54, 1.807) is 0 Å². The first-order chi connectivity index (χ1) is 18.1. The first kappa shape index (κ1) is 31.7. The lowest BCUT2D eigenvalue weighted by molar-refractivity contribution is -0.237. The molecule has 0 radical (unpaired) electrons. The molecule has 3 N–H and O–H groups in total. The van der Waals surface area contributed by atoms with Crippen LogP contribution in [0, 0.1) is 11.8 Å². The standard InChI is InChI=1S/C18H15S.C7H7F5O7S/c1-4-10-16(11-5-1)19(17-12-6-2-7-13-17)18-14-8-3-9-15-18;8-6(9,10)4(7(11,12)20(17,18)19)2(5(15)16)1-3(13)14/h1-15H;2,4H,1H2,(H,13,14)(H,15,16)(H,17,18,19)/q+1;. The second-order valence-corrected chi connectivity index (χ2v) is 11.4. The van der Waals surface area contributed by atoms with E-state index in [-0.39, 0.29) is 10.9 Å². The van der Waals surface area contributed by atoms with Gasteiger partial charge in [0.15, 0.2) is 14.7 Å². The predicted molar refractivity (Wildman–Crippen MR) is 131 cm³/mol. The minimum absolute atomic E-state index is 0.0146. The highest BCUT2D eigenvalue weighted by molar-refractivity contribution is 7.97. The second-order valence-electron chi connectivity index (χ2n) is 7.84. The van der Waals surface area contributed by atoms with Crippen molar-refractivity contribution in [3.63, 3.8) is 0 Å². The summed E-state index contributed by atoms with van der Waals surface area (Å²) in [5.74, 6) is -12.5. The summed E-state index contributed by atoms with van der Waals surface area (Å²) in [6, 6.07) is 32.2. The van der Waals surface area contributed by atoms with E-state index < -0.39 is 51.7 Å². The van der Waals surface area contributed by atoms with Gasteiger partial charge < -0.3 is 10.2 Å². The molecule has 0 aliphatic heterocycles. The maximum Gasteiger partial charge on any atom is 0.399 e. The number of carboxylic acid groups (broad SMARTS) is 2. The highest BCUT2D eigenvalue weighted by atomic mass is 32.2. The van der Waals surface area contributed by atoms with Crippen LogP contribution in [0.4, 0.5) is 22.0 Å². The molecule has 0 aliphatic carbocycles. The summed E-state index contributed by atoms with van der Waals surface area (Å²) in [4.78, 5) is 24.8. The molecule has 0 aromatic heterocycles. The highest BCUT2D eigenvalue weighted by Gasteiger charge is 2.67. The van der Waals surface area contributed by atoms with E-state index in [9.17, 15) is 40.0 Å². The summed E-state index contributed by atoms with van der Waals surface area (Å²) < 4.78 is 92.5. The average molecular weight is 594 g/mol. The largest absolute Gasteiger partial charge is 0.481 e. The van der Waals surface area contributed by atoms with Gasteiger partial charge in [-0.05, 0) is 36.4 Å². The maximum atomic E-state index is 13.1. The van der Waals surface area contributed by atoms with Crippen LogP contribution in [0.5, 0.6) is 0 Å². The molecule has 0 heterocycles. The van der Waals surface area contributed by atoms with Crippen LogP contribution < -0.4 is 0 Å². The fourth-order valence-electron chi connectivity index (χ4n) is 3.43. The Kier molecular flexibility index (Phi) is 10.6. The Labute approximate surface area is 223 Å². The summed E-state index contributed by atoms with van der Waals surface area (Å²) >= 11 is 0. The predicted octanol–water partition coefficient (Wildman–Crippen LogP) is 5.60. The molecule has 0 spiro atoms. The molecule has 0 fully saturated rings. The SMILES string of the molecule is O=C(O)CC(C(=O)O)C(C(F)(F)F)C(F)(F)S(=O)(=O)O.c1ccc([S+](c2ccccc2)c2ccccc2)cc1. The lowest BCUT2D eigenvalue weighted by Crippen LogP contribution is -2.51. The summed E-state index contributed by atoms with van der Waals surface area (Å²) in [5.41, 5.74) is 0. The topological polar surface area (TPSA) is 129 Å². The summed E-state index contributed by atoms with van der Waals surface area (Å²) in [6.45, 7) is 0. The third kappa shape index (κ3) is 8.50. The van der Waals surface area contributed by atoms with Gasteiger partial charge in [0, 0.05) is 0 Å². The molecule has 0 saturated carbocycles. The molecule has 2 unspecified atom stereocenters. The van der Waals surface area contributed by atoms with Crippen LogP contribution in [0.2, 0.25) is 0 Å². The Morgan fingerprint density at radius 3 is 1.28 bits per heavy atom. The summed E-state index contributed by atoms with van der Waals surface area (Å²) in [7, 11) is -6.62. The van der Waals surface area contributed by atoms with Gasteiger partial charge in [-0.2, -0.15) is 30.4 Å². The molecule has 0 bridgehead atoms. The van der Waals surface area contributed by atoms with E-state index >= 15 is 0 Å². The number of hydrogen-bond acceptors (Lipinski definition) is 4. The van der Waals surface area contributed by atoms with Crippen molar-refractivity contribution in [1.82, 2.24) is 0 Å². The quantitative estimate of drug-likeness (QED) is 0.167. The lowest BCUT2D eigenvalue weighted by atomic mass is 9.89. The molecule has 14 heteroatoms. The van der Waals surface area contributed by atoms with Crippen molar-refractivity contribution in [3.05, 3.63) is 91.0 Å². The number of halogens is 5. The smallest absolute Gasteiger partial charge is 0.399 e. The molecule has 3 aromatic rings. The molecule has 3 aromatic carbocycles. The average Bonchev–Trinajstić information content (AvgIpc) is 2.84. The van der Waals surface area contributed by atoms with Crippen molar-refractivity contribution in [2.24, 2.45) is 11.8 Å². The molecule has 7 nitrogen and oxygen atoms in total. The highest BCUT2D eigenvalue weighted by Crippen LogP contribution is 2.46. The van der Waals surface area contributed by atoms with Gasteiger partial charge in [-0.15, -0.1) is 0 Å². The van der Waals surface area contributed by atoms with Crippen LogP contribution in [0.15, 0.2) is 106 Å². The van der Waals surface area contributed by atoms with Crippen molar-refractivity contribution in [1.29, 1.82) is 0 Å². The Morgan fingerprint density at radius 2 is 1.05 bits per heavy atom. The van der Waals surface area contributed by atoms with E-state index in [1.807, 2.05) is 0 Å². The van der Waals surface area contributed by atoms with E-state index in [4.69, 9.17) is 14.8 Å². The van der Waals surface area contributed by atoms with E-state index in [0.717, 1.165) is 0 Å². The van der Waals surface area contributed by atoms with Gasteiger partial charge in [0.1, 0.15) is 5.92 Å². The third-order valence-corrected chi connectivity index (χ3v) is 8.28. The number of benzene rings is 3. The minimum Gasteiger partial charge on any atom is -0.481 e. The maximum absolute atomic E-state index is 13.1. The molecular formula is C25H22F5O7S2+. The number of hydrogen-bond donors (Lipinski definition) is 3. The Morgan fingerprint density at radius 1 is 0.718 bits per heavy atom. The molecule has 2 atom stereocenters. The first-order valence-electron chi connectivity index (χ1n) is 10.8. The summed E-state index contributed by atoms with van der Waals surface area (Å²) in [6.07, 6.45) is -8.00. The van der Waals surface area contributed by atoms with Gasteiger partial charge in [-0.25, -0.2) is 0 Å². The van der Waals surface area contributed by atoms with Crippen LogP contribution in [0.3, 0.4) is 0 Å². The molecule has 0 aliphatic rings. The van der Waals surface area contributed by atoms with Crippen molar-refractivity contribution in [2.45, 2.75) is 32.5 Å². The van der Waals surface area contributed by atoms with Crippen LogP contribution in [0.1, 0.15) is 6.42 Å². The molecule has 0 amide bonds. The monoisotopic (exact) mass is 593 g/mol. The number of rotatable bonds is 9. The van der Waals surface area contributed by atoms with E-state index in [1.165, 1.54) is 14.7 Å². The third-order valence-electron chi connectivity index (χ3n) is 5.11. The van der Waals surface area contributed by atoms with Gasteiger partial charge in [-0.1, -0.05) is 54.6 Å². The minimum atomic E-state index is -6.61. The zero-order valence-electron chi connectivity index (χ0n) is 19.7. The van der Waals surface area contributed by atoms with Crippen molar-refractivity contribution in [2.75, 3.05) is 0 Å². The molecule has 3 rings (SSSR count). The van der Waals surface area contributed by atoms with Crippen molar-refractivity contribution >= 4 is 33.0 Å². The van der Waals surface area contributed by atoms with Gasteiger partial charge in [0.2, 0.25) is 0 Å². The fourth-order valence-corrected chi connectivity index (χ4v) is 6.15. The van der Waals surface area contributed by atoms with E-state index in [0.29, 0.717) is 0 Å². The van der Waals surface area contributed by atoms with Gasteiger partial charge in [0.25, 0.3) is 0 Å². The van der Waals surface area contributed by atoms with Gasteiger partial charge in [-0.3, -0.25) is 14.1 Å². The molecule has 39 heavy (non-hydrogen) atoms.